The van der Waals surface area contributed by atoms with Crippen molar-refractivity contribution in [1.82, 2.24) is 0 Å². The third kappa shape index (κ3) is 23.0. The standard InChI is InChI=1S/C45H76NO12P/c1-6-8-19-25-37-30-34(3)40(56-37)26-20-15-13-14-17-22-28-43(47)53-31-38(32-54-59(51,52)55-33-39(46)45(49)50)57-44(48)29-23-18-12-10-9-11-16-21-27-42-36(5)35(4)41(58-42)24-7-2/h30,38-39H,6-29,31-33,46H2,1-5H3,(H,49,50)(H,51,52). The van der Waals surface area contributed by atoms with Gasteiger partial charge in [-0.1, -0.05) is 90.9 Å². The van der Waals surface area contributed by atoms with Gasteiger partial charge in [0.2, 0.25) is 0 Å². The van der Waals surface area contributed by atoms with E-state index in [0.717, 1.165) is 139 Å². The van der Waals surface area contributed by atoms with Crippen molar-refractivity contribution in [3.63, 3.8) is 0 Å². The lowest BCUT2D eigenvalue weighted by molar-refractivity contribution is -0.161. The largest absolute Gasteiger partial charge is 0.480 e. The summed E-state index contributed by atoms with van der Waals surface area (Å²) >= 11 is 0. The first-order chi connectivity index (χ1) is 28.3. The fourth-order valence-corrected chi connectivity index (χ4v) is 7.67. The van der Waals surface area contributed by atoms with Crippen LogP contribution in [0.25, 0.3) is 0 Å². The number of furan rings is 2. The minimum Gasteiger partial charge on any atom is -0.480 e. The molecule has 0 aliphatic heterocycles. The monoisotopic (exact) mass is 854 g/mol. The molecule has 3 atom stereocenters. The van der Waals surface area contributed by atoms with Crippen LogP contribution in [0, 0.1) is 20.8 Å². The van der Waals surface area contributed by atoms with Gasteiger partial charge in [0.15, 0.2) is 6.10 Å². The molecule has 13 nitrogen and oxygen atoms in total. The lowest BCUT2D eigenvalue weighted by atomic mass is 10.0. The molecule has 3 unspecified atom stereocenters. The van der Waals surface area contributed by atoms with Crippen LogP contribution in [0.2, 0.25) is 0 Å². The molecule has 0 bridgehead atoms. The second-order valence-electron chi connectivity index (χ2n) is 16.0. The number of phosphoric ester groups is 1. The van der Waals surface area contributed by atoms with Gasteiger partial charge in [-0.15, -0.1) is 0 Å². The van der Waals surface area contributed by atoms with E-state index in [-0.39, 0.29) is 19.4 Å². The number of hydrogen-bond donors (Lipinski definition) is 3. The molecule has 0 saturated carbocycles. The van der Waals surface area contributed by atoms with Gasteiger partial charge in [0.05, 0.1) is 13.2 Å². The summed E-state index contributed by atoms with van der Waals surface area (Å²) < 4.78 is 45.0. The summed E-state index contributed by atoms with van der Waals surface area (Å²) in [7, 11) is -4.74. The molecule has 4 N–H and O–H groups in total. The van der Waals surface area contributed by atoms with Gasteiger partial charge in [0.1, 0.15) is 35.7 Å². The Bertz CT molecular complexity index is 1530. The molecule has 0 aromatic carbocycles. The van der Waals surface area contributed by atoms with Crippen LogP contribution < -0.4 is 5.73 Å². The molecular weight excluding hydrogens is 777 g/mol. The van der Waals surface area contributed by atoms with Crippen LogP contribution in [0.5, 0.6) is 0 Å². The predicted molar refractivity (Wildman–Crippen MR) is 228 cm³/mol. The highest BCUT2D eigenvalue weighted by Gasteiger charge is 2.28. The highest BCUT2D eigenvalue weighted by Crippen LogP contribution is 2.43. The average Bonchev–Trinajstić information content (AvgIpc) is 3.69. The van der Waals surface area contributed by atoms with Crippen LogP contribution in [-0.4, -0.2) is 59.9 Å². The number of carboxylic acids is 1. The summed E-state index contributed by atoms with van der Waals surface area (Å²) in [5.41, 5.74) is 9.16. The molecule has 338 valence electrons. The number of carboxylic acid groups (broad SMARTS) is 1. The number of carbonyl (C=O) groups is 3. The molecule has 2 aromatic rings. The van der Waals surface area contributed by atoms with Crippen molar-refractivity contribution in [2.75, 3.05) is 19.8 Å². The van der Waals surface area contributed by atoms with Crippen molar-refractivity contribution in [2.45, 2.75) is 201 Å². The number of nitrogens with two attached hydrogens (primary N) is 1. The zero-order valence-electron chi connectivity index (χ0n) is 36.8. The Morgan fingerprint density at radius 1 is 0.644 bits per heavy atom. The first-order valence-electron chi connectivity index (χ1n) is 22.4. The number of carbonyl (C=O) groups excluding carboxylic acids is 2. The number of aliphatic carboxylic acids is 1. The van der Waals surface area contributed by atoms with Crippen LogP contribution in [0.4, 0.5) is 0 Å². The summed E-state index contributed by atoms with van der Waals surface area (Å²) in [6, 6.07) is 0.636. The molecule has 0 spiro atoms. The number of esters is 2. The Morgan fingerprint density at radius 2 is 1.15 bits per heavy atom. The van der Waals surface area contributed by atoms with Gasteiger partial charge in [0.25, 0.3) is 0 Å². The first-order valence-corrected chi connectivity index (χ1v) is 23.9. The number of aryl methyl sites for hydroxylation is 5. The van der Waals surface area contributed by atoms with Gasteiger partial charge in [-0.3, -0.25) is 23.4 Å². The van der Waals surface area contributed by atoms with Crippen molar-refractivity contribution in [2.24, 2.45) is 5.73 Å². The van der Waals surface area contributed by atoms with E-state index in [1.165, 1.54) is 29.5 Å². The summed E-state index contributed by atoms with van der Waals surface area (Å²) in [6.45, 7) is 9.03. The van der Waals surface area contributed by atoms with E-state index in [2.05, 4.69) is 45.2 Å². The van der Waals surface area contributed by atoms with Crippen molar-refractivity contribution >= 4 is 25.7 Å². The first kappa shape index (κ1) is 52.2. The zero-order valence-corrected chi connectivity index (χ0v) is 37.7. The highest BCUT2D eigenvalue weighted by molar-refractivity contribution is 7.47. The summed E-state index contributed by atoms with van der Waals surface area (Å²) in [6.07, 6.45) is 21.4. The van der Waals surface area contributed by atoms with Crippen molar-refractivity contribution < 1.29 is 56.3 Å². The normalized spacial score (nSPS) is 13.6. The molecule has 59 heavy (non-hydrogen) atoms. The molecule has 2 heterocycles. The van der Waals surface area contributed by atoms with Crippen LogP contribution in [0.15, 0.2) is 14.9 Å². The fourth-order valence-electron chi connectivity index (χ4n) is 6.89. The van der Waals surface area contributed by atoms with E-state index in [1.807, 2.05) is 0 Å². The van der Waals surface area contributed by atoms with E-state index in [1.54, 1.807) is 0 Å². The number of ether oxygens (including phenoxy) is 2. The SMILES string of the molecule is CCCCCc1cc(C)c(CCCCCCCCC(=O)OCC(COP(=O)(O)OCC(N)C(=O)O)OC(=O)CCCCCCCCCCc2oc(CCC)c(C)c2C)o1. The lowest BCUT2D eigenvalue weighted by Gasteiger charge is -2.20. The molecule has 0 radical (unpaired) electrons. The van der Waals surface area contributed by atoms with Gasteiger partial charge >= 0.3 is 25.7 Å². The Hall–Kier alpha value is -2.96. The molecule has 0 aliphatic carbocycles. The van der Waals surface area contributed by atoms with E-state index in [0.29, 0.717) is 12.8 Å². The molecular formula is C45H76NO12P. The average molecular weight is 854 g/mol. The third-order valence-electron chi connectivity index (χ3n) is 10.7. The summed E-state index contributed by atoms with van der Waals surface area (Å²) in [5.74, 6) is 1.99. The van der Waals surface area contributed by atoms with Gasteiger partial charge in [-0.2, -0.15) is 0 Å². The van der Waals surface area contributed by atoms with Crippen molar-refractivity contribution in [3.05, 3.63) is 45.8 Å². The summed E-state index contributed by atoms with van der Waals surface area (Å²) in [4.78, 5) is 46.2. The highest BCUT2D eigenvalue weighted by atomic mass is 31.2. The van der Waals surface area contributed by atoms with Gasteiger partial charge in [-0.05, 0) is 82.1 Å². The van der Waals surface area contributed by atoms with Crippen molar-refractivity contribution in [1.29, 1.82) is 0 Å². The van der Waals surface area contributed by atoms with Gasteiger partial charge in [-0.25, -0.2) is 4.57 Å². The Balaban J connectivity index is 1.66. The number of hydrogen-bond acceptors (Lipinski definition) is 11. The van der Waals surface area contributed by atoms with Gasteiger partial charge in [0, 0.05) is 38.5 Å². The van der Waals surface area contributed by atoms with Crippen molar-refractivity contribution in [3.8, 4) is 0 Å². The molecule has 0 amide bonds. The van der Waals surface area contributed by atoms with Gasteiger partial charge < -0.3 is 34.0 Å². The second-order valence-corrected chi connectivity index (χ2v) is 17.4. The zero-order chi connectivity index (χ0) is 43.5. The Labute approximate surface area is 353 Å². The molecule has 14 heteroatoms. The molecule has 0 aliphatic rings. The smallest absolute Gasteiger partial charge is 0.472 e. The van der Waals surface area contributed by atoms with Crippen LogP contribution >= 0.6 is 7.82 Å². The maximum atomic E-state index is 12.7. The fraction of sp³-hybridized carbons (Fsp3) is 0.756. The van der Waals surface area contributed by atoms with Crippen LogP contribution in [0.3, 0.4) is 0 Å². The van der Waals surface area contributed by atoms with E-state index >= 15 is 0 Å². The minimum atomic E-state index is -4.74. The van der Waals surface area contributed by atoms with E-state index in [9.17, 15) is 23.8 Å². The molecule has 2 aromatic heterocycles. The Kier molecular flexibility index (Phi) is 26.6. The third-order valence-corrected chi connectivity index (χ3v) is 11.6. The minimum absolute atomic E-state index is 0.133. The van der Waals surface area contributed by atoms with Crippen LogP contribution in [-0.2, 0) is 63.2 Å². The molecule has 2 rings (SSSR count). The number of unbranched alkanes of at least 4 members (excludes halogenated alkanes) is 14. The number of phosphoric acid groups is 1. The Morgan fingerprint density at radius 3 is 1.73 bits per heavy atom. The summed E-state index contributed by atoms with van der Waals surface area (Å²) in [5, 5.41) is 8.92. The van der Waals surface area contributed by atoms with E-state index in [4.69, 9.17) is 33.7 Å². The predicted octanol–water partition coefficient (Wildman–Crippen LogP) is 10.5. The molecule has 0 fully saturated rings. The maximum Gasteiger partial charge on any atom is 0.472 e. The lowest BCUT2D eigenvalue weighted by Crippen LogP contribution is -2.34. The van der Waals surface area contributed by atoms with Crippen LogP contribution in [0.1, 0.15) is 182 Å². The second kappa shape index (κ2) is 30.1. The topological polar surface area (TPSA) is 198 Å². The van der Waals surface area contributed by atoms with E-state index < -0.39 is 51.1 Å². The maximum absolute atomic E-state index is 12.7. The molecule has 0 saturated heterocycles. The quantitative estimate of drug-likeness (QED) is 0.0333. The number of rotatable bonds is 36.